The Bertz CT molecular complexity index is 1140. The SMILES string of the molecule is CCC(=C(c1ccc(OCCNC)cc1)c1ccc(B2OC(C)CC(C)(C)O2)cc1)c1ccccc1. The zero-order valence-electron chi connectivity index (χ0n) is 22.2. The van der Waals surface area contributed by atoms with Gasteiger partial charge in [-0.3, -0.25) is 0 Å². The number of hydrogen-bond acceptors (Lipinski definition) is 4. The van der Waals surface area contributed by atoms with E-state index in [2.05, 4.69) is 112 Å². The van der Waals surface area contributed by atoms with E-state index in [9.17, 15) is 0 Å². The summed E-state index contributed by atoms with van der Waals surface area (Å²) in [6.07, 6.45) is 1.97. The van der Waals surface area contributed by atoms with Gasteiger partial charge < -0.3 is 19.4 Å². The Morgan fingerprint density at radius 2 is 1.58 bits per heavy atom. The van der Waals surface area contributed by atoms with E-state index in [4.69, 9.17) is 14.0 Å². The highest BCUT2D eigenvalue weighted by Crippen LogP contribution is 2.35. The molecule has 1 heterocycles. The van der Waals surface area contributed by atoms with Gasteiger partial charge in [-0.25, -0.2) is 0 Å². The number of likely N-dealkylation sites (N-methyl/N-ethyl adjacent to an activating group) is 1. The highest BCUT2D eigenvalue weighted by Gasteiger charge is 2.38. The largest absolute Gasteiger partial charge is 0.494 e. The minimum absolute atomic E-state index is 0.160. The van der Waals surface area contributed by atoms with Crippen molar-refractivity contribution in [2.24, 2.45) is 0 Å². The van der Waals surface area contributed by atoms with Crippen molar-refractivity contribution in [3.8, 4) is 5.75 Å². The Hall–Kier alpha value is -2.86. The molecule has 0 aromatic heterocycles. The van der Waals surface area contributed by atoms with Crippen molar-refractivity contribution in [3.05, 3.63) is 95.6 Å². The number of hydrogen-bond donors (Lipinski definition) is 1. The lowest BCUT2D eigenvalue weighted by molar-refractivity contribution is -0.0229. The third-order valence-corrected chi connectivity index (χ3v) is 6.57. The lowest BCUT2D eigenvalue weighted by atomic mass is 9.74. The van der Waals surface area contributed by atoms with Crippen LogP contribution in [0.4, 0.5) is 0 Å². The molecule has 0 bridgehead atoms. The molecule has 1 unspecified atom stereocenters. The Morgan fingerprint density at radius 3 is 2.17 bits per heavy atom. The molecule has 0 saturated carbocycles. The number of benzene rings is 3. The molecule has 1 aliphatic rings. The van der Waals surface area contributed by atoms with Crippen LogP contribution in [0, 0.1) is 0 Å². The van der Waals surface area contributed by atoms with Gasteiger partial charge in [-0.15, -0.1) is 0 Å². The molecule has 3 aromatic rings. The second-order valence-electron chi connectivity index (χ2n) is 10.0. The van der Waals surface area contributed by atoms with Crippen LogP contribution in [0.25, 0.3) is 11.1 Å². The molecule has 0 aliphatic carbocycles. The van der Waals surface area contributed by atoms with Gasteiger partial charge in [0.1, 0.15) is 12.4 Å². The fourth-order valence-electron chi connectivity index (χ4n) is 4.94. The molecule has 0 radical (unpaired) electrons. The summed E-state index contributed by atoms with van der Waals surface area (Å²) in [5.74, 6) is 0.879. The highest BCUT2D eigenvalue weighted by atomic mass is 16.6. The lowest BCUT2D eigenvalue weighted by Crippen LogP contribution is -2.51. The van der Waals surface area contributed by atoms with Crippen LogP contribution in [-0.4, -0.2) is 39.0 Å². The molecule has 1 saturated heterocycles. The van der Waals surface area contributed by atoms with Gasteiger partial charge in [0.15, 0.2) is 0 Å². The van der Waals surface area contributed by atoms with Crippen LogP contribution < -0.4 is 15.5 Å². The van der Waals surface area contributed by atoms with Gasteiger partial charge in [-0.1, -0.05) is 73.7 Å². The predicted molar refractivity (Wildman–Crippen MR) is 151 cm³/mol. The fourth-order valence-corrected chi connectivity index (χ4v) is 4.94. The van der Waals surface area contributed by atoms with Crippen molar-refractivity contribution in [1.29, 1.82) is 0 Å². The maximum Gasteiger partial charge on any atom is 0.494 e. The second-order valence-corrected chi connectivity index (χ2v) is 10.0. The molecule has 0 spiro atoms. The Labute approximate surface area is 216 Å². The first-order valence-electron chi connectivity index (χ1n) is 13.0. The topological polar surface area (TPSA) is 39.7 Å². The van der Waals surface area contributed by atoms with Crippen LogP contribution >= 0.6 is 0 Å². The standard InChI is InChI=1S/C31H38BNO3/c1-6-29(24-10-8-7-9-11-24)30(26-14-18-28(19-15-26)34-21-20-33-5)25-12-16-27(17-13-25)32-35-23(2)22-31(3,4)36-32/h7-19,23,33H,6,20-22H2,1-5H3. The van der Waals surface area contributed by atoms with Crippen molar-refractivity contribution >= 4 is 23.7 Å². The molecule has 1 fully saturated rings. The number of allylic oxidation sites excluding steroid dienone is 1. The molecule has 1 aliphatic heterocycles. The van der Waals surface area contributed by atoms with Gasteiger partial charge in [0, 0.05) is 12.6 Å². The molecule has 188 valence electrons. The van der Waals surface area contributed by atoms with Crippen molar-refractivity contribution < 1.29 is 14.0 Å². The van der Waals surface area contributed by atoms with E-state index in [-0.39, 0.29) is 18.8 Å². The molecule has 3 aromatic carbocycles. The smallest absolute Gasteiger partial charge is 0.492 e. The normalized spacial score (nSPS) is 18.0. The predicted octanol–water partition coefficient (Wildman–Crippen LogP) is 5.95. The van der Waals surface area contributed by atoms with Crippen LogP contribution in [0.3, 0.4) is 0 Å². The number of rotatable bonds is 9. The van der Waals surface area contributed by atoms with E-state index >= 15 is 0 Å². The van der Waals surface area contributed by atoms with Gasteiger partial charge >= 0.3 is 7.12 Å². The van der Waals surface area contributed by atoms with Crippen molar-refractivity contribution in [3.63, 3.8) is 0 Å². The summed E-state index contributed by atoms with van der Waals surface area (Å²) in [7, 11) is 1.58. The first-order valence-corrected chi connectivity index (χ1v) is 13.0. The maximum absolute atomic E-state index is 6.25. The molecule has 36 heavy (non-hydrogen) atoms. The first-order chi connectivity index (χ1) is 17.4. The van der Waals surface area contributed by atoms with Crippen LogP contribution in [0.5, 0.6) is 5.75 Å². The second kappa shape index (κ2) is 11.9. The minimum atomic E-state index is -0.348. The molecule has 1 atom stereocenters. The highest BCUT2D eigenvalue weighted by molar-refractivity contribution is 6.61. The summed E-state index contributed by atoms with van der Waals surface area (Å²) in [5, 5.41) is 3.11. The van der Waals surface area contributed by atoms with Gasteiger partial charge in [0.05, 0.1) is 5.60 Å². The van der Waals surface area contributed by atoms with E-state index in [1.54, 1.807) is 0 Å². The van der Waals surface area contributed by atoms with Gasteiger partial charge in [-0.2, -0.15) is 0 Å². The quantitative estimate of drug-likeness (QED) is 0.232. The van der Waals surface area contributed by atoms with Gasteiger partial charge in [-0.05, 0) is 86.1 Å². The van der Waals surface area contributed by atoms with Crippen LogP contribution in [-0.2, 0) is 9.31 Å². The van der Waals surface area contributed by atoms with E-state index in [1.165, 1.54) is 27.8 Å². The molecule has 1 N–H and O–H groups in total. The third kappa shape index (κ3) is 6.47. The Morgan fingerprint density at radius 1 is 0.944 bits per heavy atom. The summed E-state index contributed by atoms with van der Waals surface area (Å²) in [5.41, 5.74) is 6.97. The van der Waals surface area contributed by atoms with E-state index in [0.29, 0.717) is 6.61 Å². The monoisotopic (exact) mass is 483 g/mol. The average molecular weight is 483 g/mol. The lowest BCUT2D eigenvalue weighted by Gasteiger charge is -2.38. The zero-order chi connectivity index (χ0) is 25.5. The van der Waals surface area contributed by atoms with Crippen LogP contribution in [0.15, 0.2) is 78.9 Å². The number of nitrogens with one attached hydrogen (secondary N) is 1. The fraction of sp³-hybridized carbons (Fsp3) is 0.355. The Balaban J connectivity index is 1.71. The van der Waals surface area contributed by atoms with E-state index in [1.807, 2.05) is 7.05 Å². The summed E-state index contributed by atoms with van der Waals surface area (Å²) >= 11 is 0. The van der Waals surface area contributed by atoms with Gasteiger partial charge in [0.25, 0.3) is 0 Å². The zero-order valence-corrected chi connectivity index (χ0v) is 22.2. The summed E-state index contributed by atoms with van der Waals surface area (Å²) in [6.45, 7) is 10.1. The molecule has 4 rings (SSSR count). The average Bonchev–Trinajstić information content (AvgIpc) is 2.87. The first kappa shape index (κ1) is 26.2. The number of ether oxygens (including phenoxy) is 1. The summed E-state index contributed by atoms with van der Waals surface area (Å²) < 4.78 is 18.2. The van der Waals surface area contributed by atoms with Crippen LogP contribution in [0.2, 0.25) is 0 Å². The molecular weight excluding hydrogens is 445 g/mol. The van der Waals surface area contributed by atoms with Crippen LogP contribution in [0.1, 0.15) is 57.2 Å². The summed E-state index contributed by atoms with van der Waals surface area (Å²) in [4.78, 5) is 0. The minimum Gasteiger partial charge on any atom is -0.492 e. The summed E-state index contributed by atoms with van der Waals surface area (Å²) in [6, 6.07) is 27.8. The van der Waals surface area contributed by atoms with E-state index in [0.717, 1.165) is 30.6 Å². The maximum atomic E-state index is 6.25. The molecular formula is C31H38BNO3. The third-order valence-electron chi connectivity index (χ3n) is 6.57. The van der Waals surface area contributed by atoms with Crippen molar-refractivity contribution in [2.45, 2.75) is 52.2 Å². The van der Waals surface area contributed by atoms with Gasteiger partial charge in [0.2, 0.25) is 0 Å². The Kier molecular flexibility index (Phi) is 8.68. The van der Waals surface area contributed by atoms with E-state index < -0.39 is 0 Å². The molecule has 0 amide bonds. The molecule has 5 heteroatoms. The van der Waals surface area contributed by atoms with Crippen molar-refractivity contribution in [2.75, 3.05) is 20.2 Å². The van der Waals surface area contributed by atoms with Crippen molar-refractivity contribution in [1.82, 2.24) is 5.32 Å². The molecule has 4 nitrogen and oxygen atoms in total.